The Kier molecular flexibility index (Phi) is 5.77. The second-order valence-electron chi connectivity index (χ2n) is 7.07. The summed E-state index contributed by atoms with van der Waals surface area (Å²) in [5.41, 5.74) is 0.440. The quantitative estimate of drug-likeness (QED) is 0.606. The van der Waals surface area contributed by atoms with Crippen molar-refractivity contribution in [3.8, 4) is 17.2 Å². The van der Waals surface area contributed by atoms with Crippen LogP contribution in [0.1, 0.15) is 34.7 Å². The van der Waals surface area contributed by atoms with E-state index in [1.807, 2.05) is 0 Å². The zero-order chi connectivity index (χ0) is 22.1. The number of hydrogen-bond donors (Lipinski definition) is 1. The molecule has 0 unspecified atom stereocenters. The molecule has 2 heterocycles. The number of fused-ring (bicyclic) bond motifs is 1. The number of aromatic nitrogens is 2. The van der Waals surface area contributed by atoms with Crippen molar-refractivity contribution in [2.24, 2.45) is 0 Å². The Hall–Kier alpha value is -3.20. The highest BCUT2D eigenvalue weighted by molar-refractivity contribution is 9.10. The van der Waals surface area contributed by atoms with E-state index >= 15 is 0 Å². The molecule has 1 aliphatic rings. The number of nitrogens with one attached hydrogen (secondary N) is 1. The summed E-state index contributed by atoms with van der Waals surface area (Å²) in [6, 6.07) is 10.4. The number of ether oxygens (including phenoxy) is 2. The van der Waals surface area contributed by atoms with E-state index < -0.39 is 23.2 Å². The Labute approximate surface area is 185 Å². The van der Waals surface area contributed by atoms with Crippen LogP contribution >= 0.6 is 15.9 Å². The fraction of sp³-hybridized carbons (Fsp3) is 0.227. The van der Waals surface area contributed by atoms with Crippen LogP contribution in [-0.4, -0.2) is 28.9 Å². The fourth-order valence-electron chi connectivity index (χ4n) is 3.33. The third-order valence-electron chi connectivity index (χ3n) is 4.88. The molecule has 1 aromatic heterocycles. The third-order valence-corrected chi connectivity index (χ3v) is 5.57. The maximum atomic E-state index is 14.2. The molecular formula is C22H19BrFN3O4. The van der Waals surface area contributed by atoms with Gasteiger partial charge in [0.25, 0.3) is 5.91 Å². The van der Waals surface area contributed by atoms with Crippen LogP contribution in [0.4, 0.5) is 4.39 Å². The molecule has 7 nitrogen and oxygen atoms in total. The molecule has 0 radical (unpaired) electrons. The Bertz CT molecular complexity index is 1230. The maximum absolute atomic E-state index is 14.2. The Morgan fingerprint density at radius 2 is 1.87 bits per heavy atom. The van der Waals surface area contributed by atoms with E-state index in [4.69, 9.17) is 9.47 Å². The number of carbonyl (C=O) groups is 1. The highest BCUT2D eigenvalue weighted by atomic mass is 79.9. The van der Waals surface area contributed by atoms with E-state index in [9.17, 15) is 14.0 Å². The lowest BCUT2D eigenvalue weighted by Gasteiger charge is -2.22. The fourth-order valence-corrected chi connectivity index (χ4v) is 3.99. The van der Waals surface area contributed by atoms with Gasteiger partial charge in [-0.05, 0) is 43.7 Å². The number of aryl methyl sites for hydroxylation is 1. The van der Waals surface area contributed by atoms with Crippen molar-refractivity contribution in [3.63, 3.8) is 0 Å². The molecule has 1 atom stereocenters. The van der Waals surface area contributed by atoms with Crippen molar-refractivity contribution in [3.05, 3.63) is 79.9 Å². The Morgan fingerprint density at radius 3 is 2.58 bits per heavy atom. The largest absolute Gasteiger partial charge is 0.486 e. The molecule has 0 saturated heterocycles. The van der Waals surface area contributed by atoms with Gasteiger partial charge in [0.2, 0.25) is 5.43 Å². The summed E-state index contributed by atoms with van der Waals surface area (Å²) in [6.45, 7) is 4.31. The van der Waals surface area contributed by atoms with Gasteiger partial charge in [0, 0.05) is 16.2 Å². The smallest absolute Gasteiger partial charge is 0.276 e. The first-order valence-corrected chi connectivity index (χ1v) is 10.4. The van der Waals surface area contributed by atoms with E-state index in [0.29, 0.717) is 30.4 Å². The topological polar surface area (TPSA) is 82.5 Å². The first-order valence-electron chi connectivity index (χ1n) is 9.61. The molecule has 1 amide bonds. The van der Waals surface area contributed by atoms with Crippen LogP contribution in [0.15, 0.2) is 51.7 Å². The standard InChI is InChI=1S/C22H19BrFN3O4/c1-12-9-18(28)21(26-27(12)17-6-4-3-5-16(17)24)22(29)25-13(2)14-10-19-20(11-15(14)23)31-8-7-30-19/h3-6,9-11,13H,7-8H2,1-2H3,(H,25,29)/t13-/m1/s1. The number of amides is 1. The van der Waals surface area contributed by atoms with Gasteiger partial charge in [0.05, 0.1) is 6.04 Å². The number of carbonyl (C=O) groups excluding carboxylic acids is 1. The van der Waals surface area contributed by atoms with E-state index in [1.54, 1.807) is 38.1 Å². The van der Waals surface area contributed by atoms with Gasteiger partial charge in [-0.1, -0.05) is 28.1 Å². The van der Waals surface area contributed by atoms with Crippen molar-refractivity contribution >= 4 is 21.8 Å². The molecule has 3 aromatic rings. The van der Waals surface area contributed by atoms with Crippen molar-refractivity contribution in [1.29, 1.82) is 0 Å². The highest BCUT2D eigenvalue weighted by Crippen LogP contribution is 2.37. The summed E-state index contributed by atoms with van der Waals surface area (Å²) in [5, 5.41) is 6.92. The predicted octanol–water partition coefficient (Wildman–Crippen LogP) is 3.70. The molecule has 160 valence electrons. The second-order valence-corrected chi connectivity index (χ2v) is 7.93. The molecular weight excluding hydrogens is 469 g/mol. The molecule has 0 saturated carbocycles. The minimum Gasteiger partial charge on any atom is -0.486 e. The van der Waals surface area contributed by atoms with E-state index in [0.717, 1.165) is 10.0 Å². The average Bonchev–Trinajstić information content (AvgIpc) is 2.74. The maximum Gasteiger partial charge on any atom is 0.276 e. The summed E-state index contributed by atoms with van der Waals surface area (Å²) >= 11 is 3.49. The minimum absolute atomic E-state index is 0.150. The molecule has 1 aliphatic heterocycles. The summed E-state index contributed by atoms with van der Waals surface area (Å²) in [6.07, 6.45) is 0. The van der Waals surface area contributed by atoms with Gasteiger partial charge in [-0.3, -0.25) is 9.59 Å². The highest BCUT2D eigenvalue weighted by Gasteiger charge is 2.22. The summed E-state index contributed by atoms with van der Waals surface area (Å²) in [5.74, 6) is 0.0281. The van der Waals surface area contributed by atoms with Crippen molar-refractivity contribution in [1.82, 2.24) is 15.1 Å². The molecule has 2 aromatic carbocycles. The summed E-state index contributed by atoms with van der Waals surface area (Å²) in [4.78, 5) is 25.3. The minimum atomic E-state index is -0.663. The lowest BCUT2D eigenvalue weighted by Crippen LogP contribution is -2.33. The SMILES string of the molecule is Cc1cc(=O)c(C(=O)N[C@H](C)c2cc3c(cc2Br)OCCO3)nn1-c1ccccc1F. The number of benzene rings is 2. The van der Waals surface area contributed by atoms with Gasteiger partial charge in [-0.2, -0.15) is 5.10 Å². The van der Waals surface area contributed by atoms with Gasteiger partial charge >= 0.3 is 0 Å². The molecule has 9 heteroatoms. The number of nitrogens with zero attached hydrogens (tertiary/aromatic N) is 2. The van der Waals surface area contributed by atoms with Gasteiger partial charge in [-0.15, -0.1) is 0 Å². The molecule has 0 fully saturated rings. The summed E-state index contributed by atoms with van der Waals surface area (Å²) < 4.78 is 27.4. The zero-order valence-electron chi connectivity index (χ0n) is 16.8. The summed E-state index contributed by atoms with van der Waals surface area (Å²) in [7, 11) is 0. The number of halogens is 2. The van der Waals surface area contributed by atoms with E-state index in [2.05, 4.69) is 26.3 Å². The molecule has 0 spiro atoms. The Morgan fingerprint density at radius 1 is 1.19 bits per heavy atom. The van der Waals surface area contributed by atoms with Gasteiger partial charge < -0.3 is 14.8 Å². The van der Waals surface area contributed by atoms with Crippen LogP contribution in [0, 0.1) is 12.7 Å². The van der Waals surface area contributed by atoms with Gasteiger partial charge in [0.15, 0.2) is 17.2 Å². The molecule has 31 heavy (non-hydrogen) atoms. The van der Waals surface area contributed by atoms with Crippen LogP contribution in [0.2, 0.25) is 0 Å². The first kappa shape index (κ1) is 21.0. The number of para-hydroxylation sites is 1. The predicted molar refractivity (Wildman–Crippen MR) is 116 cm³/mol. The molecule has 0 bridgehead atoms. The average molecular weight is 488 g/mol. The van der Waals surface area contributed by atoms with Crippen LogP contribution in [0.5, 0.6) is 11.5 Å². The van der Waals surface area contributed by atoms with Crippen LogP contribution < -0.4 is 20.2 Å². The number of rotatable bonds is 4. The van der Waals surface area contributed by atoms with Crippen molar-refractivity contribution in [2.45, 2.75) is 19.9 Å². The normalized spacial score (nSPS) is 13.5. The molecule has 4 rings (SSSR count). The molecule has 1 N–H and O–H groups in total. The monoisotopic (exact) mass is 487 g/mol. The van der Waals surface area contributed by atoms with Crippen LogP contribution in [-0.2, 0) is 0 Å². The van der Waals surface area contributed by atoms with E-state index in [1.165, 1.54) is 22.9 Å². The van der Waals surface area contributed by atoms with Crippen LogP contribution in [0.25, 0.3) is 5.69 Å². The van der Waals surface area contributed by atoms with Crippen molar-refractivity contribution < 1.29 is 18.7 Å². The lowest BCUT2D eigenvalue weighted by atomic mass is 10.1. The lowest BCUT2D eigenvalue weighted by molar-refractivity contribution is 0.0931. The van der Waals surface area contributed by atoms with Crippen LogP contribution in [0.3, 0.4) is 0 Å². The molecule has 0 aliphatic carbocycles. The van der Waals surface area contributed by atoms with Gasteiger partial charge in [-0.25, -0.2) is 9.07 Å². The van der Waals surface area contributed by atoms with E-state index in [-0.39, 0.29) is 11.4 Å². The van der Waals surface area contributed by atoms with Gasteiger partial charge in [0.1, 0.15) is 24.7 Å². The second kappa shape index (κ2) is 8.50. The Balaban J connectivity index is 1.64. The zero-order valence-corrected chi connectivity index (χ0v) is 18.4. The first-order chi connectivity index (χ1) is 14.8. The van der Waals surface area contributed by atoms with Crippen molar-refractivity contribution in [2.75, 3.05) is 13.2 Å². The third kappa shape index (κ3) is 4.18. The number of hydrogen-bond acceptors (Lipinski definition) is 5.